The highest BCUT2D eigenvalue weighted by atomic mass is 16.5. The van der Waals surface area contributed by atoms with Crippen molar-refractivity contribution in [2.45, 2.75) is 39.2 Å². The summed E-state index contributed by atoms with van der Waals surface area (Å²) in [6.07, 6.45) is 16.1. The lowest BCUT2D eigenvalue weighted by molar-refractivity contribution is 0.332. The van der Waals surface area contributed by atoms with Gasteiger partial charge >= 0.3 is 0 Å². The Morgan fingerprint density at radius 2 is 1.56 bits per heavy atom. The van der Waals surface area contributed by atoms with Crippen molar-refractivity contribution >= 4 is 39.6 Å². The van der Waals surface area contributed by atoms with Gasteiger partial charge in [-0.3, -0.25) is 0 Å². The van der Waals surface area contributed by atoms with Crippen LogP contribution in [0.2, 0.25) is 0 Å². The summed E-state index contributed by atoms with van der Waals surface area (Å²) in [5, 5.41) is 12.1. The van der Waals surface area contributed by atoms with Gasteiger partial charge in [-0.25, -0.2) is 10.1 Å². The van der Waals surface area contributed by atoms with Crippen molar-refractivity contribution in [3.8, 4) is 6.07 Å². The number of fused-ring (bicyclic) bond motifs is 3. The van der Waals surface area contributed by atoms with E-state index in [1.807, 2.05) is 24.3 Å². The maximum Gasteiger partial charge on any atom is 0.269 e. The van der Waals surface area contributed by atoms with Gasteiger partial charge in [0.2, 0.25) is 0 Å². The van der Waals surface area contributed by atoms with E-state index in [2.05, 4.69) is 81.9 Å². The SMILES string of the molecule is [C-]#[N+]/C(C#N)=C1C=C(/C=C/c2cc3c4c(c2)CCCN4CCC3)OC(/C=C/c2ccc3c(c2)c2ccccc2n3CC)=C\1. The van der Waals surface area contributed by atoms with Crippen molar-refractivity contribution in [1.82, 2.24) is 4.57 Å². The van der Waals surface area contributed by atoms with Gasteiger partial charge in [-0.05, 0) is 115 Å². The fraction of sp³-hybridized carbons (Fsp3) is 0.211. The van der Waals surface area contributed by atoms with Crippen molar-refractivity contribution in [2.24, 2.45) is 0 Å². The molecule has 0 fully saturated rings. The first-order valence-corrected chi connectivity index (χ1v) is 15.1. The molecule has 3 aliphatic rings. The Kier molecular flexibility index (Phi) is 6.93. The summed E-state index contributed by atoms with van der Waals surface area (Å²) in [6.45, 7) is 12.9. The van der Waals surface area contributed by atoms with Crippen molar-refractivity contribution in [3.63, 3.8) is 0 Å². The highest BCUT2D eigenvalue weighted by Crippen LogP contribution is 2.37. The standard InChI is InChI=1S/C38H32N4O/c1-3-42-36-11-5-4-10-33(36)34-22-26(14-17-37(34)42)12-15-31-23-30(35(25-39)40-2)24-32(43-31)16-13-27-20-28-8-6-18-41-19-7-9-29(21-27)38(28)41/h4-5,10-17,20-24H,3,6-9,18-19H2,1H3/b15-12+,16-13+,35-30-. The molecule has 0 radical (unpaired) electrons. The number of para-hydroxylation sites is 1. The van der Waals surface area contributed by atoms with Gasteiger partial charge in [0.1, 0.15) is 11.5 Å². The molecule has 0 saturated carbocycles. The molecule has 0 atom stereocenters. The molecule has 4 heterocycles. The van der Waals surface area contributed by atoms with Crippen molar-refractivity contribution in [3.05, 3.63) is 135 Å². The third kappa shape index (κ3) is 4.94. The molecule has 3 aliphatic heterocycles. The number of aromatic nitrogens is 1. The van der Waals surface area contributed by atoms with Crippen LogP contribution in [-0.2, 0) is 24.1 Å². The number of aryl methyl sites for hydroxylation is 3. The molecule has 5 nitrogen and oxygen atoms in total. The van der Waals surface area contributed by atoms with Crippen LogP contribution in [0.5, 0.6) is 0 Å². The number of benzene rings is 3. The zero-order chi connectivity index (χ0) is 29.3. The Hall–Kier alpha value is -5.26. The van der Waals surface area contributed by atoms with Crippen LogP contribution in [0.25, 0.3) is 38.8 Å². The molecule has 0 amide bonds. The number of allylic oxidation sites excluding steroid dienone is 6. The molecular formula is C38H32N4O. The molecule has 4 aromatic rings. The maximum absolute atomic E-state index is 9.61. The van der Waals surface area contributed by atoms with Crippen LogP contribution < -0.4 is 4.90 Å². The minimum absolute atomic E-state index is 0.0483. The predicted octanol–water partition coefficient (Wildman–Crippen LogP) is 8.73. The Bertz CT molecular complexity index is 1970. The first kappa shape index (κ1) is 26.6. The number of ether oxygens (including phenoxy) is 1. The first-order chi connectivity index (χ1) is 21.1. The van der Waals surface area contributed by atoms with E-state index in [-0.39, 0.29) is 5.70 Å². The summed E-state index contributed by atoms with van der Waals surface area (Å²) in [7, 11) is 0. The van der Waals surface area contributed by atoms with E-state index in [9.17, 15) is 5.26 Å². The number of hydrogen-bond acceptors (Lipinski definition) is 3. The van der Waals surface area contributed by atoms with Crippen LogP contribution >= 0.6 is 0 Å². The Balaban J connectivity index is 1.19. The molecule has 43 heavy (non-hydrogen) atoms. The normalized spacial score (nSPS) is 17.4. The summed E-state index contributed by atoms with van der Waals surface area (Å²) >= 11 is 0. The van der Waals surface area contributed by atoms with Crippen molar-refractivity contribution in [2.75, 3.05) is 18.0 Å². The van der Waals surface area contributed by atoms with Crippen LogP contribution in [0.1, 0.15) is 42.0 Å². The summed E-state index contributed by atoms with van der Waals surface area (Å²) in [5.41, 5.74) is 9.59. The highest BCUT2D eigenvalue weighted by molar-refractivity contribution is 6.08. The second kappa shape index (κ2) is 11.2. The molecule has 1 aromatic heterocycles. The van der Waals surface area contributed by atoms with Gasteiger partial charge in [-0.1, -0.05) is 36.4 Å². The van der Waals surface area contributed by atoms with Gasteiger partial charge in [0.25, 0.3) is 5.70 Å². The molecule has 0 saturated heterocycles. The first-order valence-electron chi connectivity index (χ1n) is 15.1. The summed E-state index contributed by atoms with van der Waals surface area (Å²) in [4.78, 5) is 6.01. The molecular weight excluding hydrogens is 528 g/mol. The molecule has 0 unspecified atom stereocenters. The van der Waals surface area contributed by atoms with E-state index in [0.717, 1.165) is 43.6 Å². The fourth-order valence-corrected chi connectivity index (χ4v) is 6.80. The van der Waals surface area contributed by atoms with E-state index in [0.29, 0.717) is 17.1 Å². The number of nitriles is 1. The molecule has 0 spiro atoms. The van der Waals surface area contributed by atoms with Gasteiger partial charge in [0.15, 0.2) is 0 Å². The van der Waals surface area contributed by atoms with E-state index < -0.39 is 0 Å². The summed E-state index contributed by atoms with van der Waals surface area (Å²) < 4.78 is 8.61. The topological polar surface area (TPSA) is 45.6 Å². The minimum atomic E-state index is 0.0483. The zero-order valence-corrected chi connectivity index (χ0v) is 24.3. The lowest BCUT2D eigenvalue weighted by Gasteiger charge is -2.37. The van der Waals surface area contributed by atoms with Gasteiger partial charge in [0.05, 0.1) is 12.6 Å². The molecule has 3 aromatic carbocycles. The van der Waals surface area contributed by atoms with Gasteiger partial charge < -0.3 is 14.2 Å². The lowest BCUT2D eigenvalue weighted by Crippen LogP contribution is -2.34. The lowest BCUT2D eigenvalue weighted by atomic mass is 9.90. The number of hydrogen-bond donors (Lipinski definition) is 0. The van der Waals surface area contributed by atoms with E-state index in [1.54, 1.807) is 12.2 Å². The highest BCUT2D eigenvalue weighted by Gasteiger charge is 2.24. The number of rotatable bonds is 5. The molecule has 0 N–H and O–H groups in total. The zero-order valence-electron chi connectivity index (χ0n) is 24.3. The summed E-state index contributed by atoms with van der Waals surface area (Å²) in [6, 6.07) is 21.6. The Morgan fingerprint density at radius 3 is 2.23 bits per heavy atom. The number of nitrogens with zero attached hydrogens (tertiary/aromatic N) is 4. The van der Waals surface area contributed by atoms with Gasteiger partial charge in [0, 0.05) is 47.1 Å². The van der Waals surface area contributed by atoms with Gasteiger partial charge in [-0.2, -0.15) is 0 Å². The molecule has 0 aliphatic carbocycles. The van der Waals surface area contributed by atoms with Gasteiger partial charge in [-0.15, -0.1) is 0 Å². The quantitative estimate of drug-likeness (QED) is 0.181. The average Bonchev–Trinajstić information content (AvgIpc) is 3.36. The van der Waals surface area contributed by atoms with Crippen molar-refractivity contribution in [1.29, 1.82) is 5.26 Å². The average molecular weight is 561 g/mol. The Labute approximate surface area is 252 Å². The molecule has 7 rings (SSSR count). The smallest absolute Gasteiger partial charge is 0.269 e. The van der Waals surface area contributed by atoms with Crippen LogP contribution in [0.3, 0.4) is 0 Å². The van der Waals surface area contributed by atoms with Crippen molar-refractivity contribution < 1.29 is 4.74 Å². The fourth-order valence-electron chi connectivity index (χ4n) is 6.80. The minimum Gasteiger partial charge on any atom is -0.457 e. The molecule has 5 heteroatoms. The second-order valence-corrected chi connectivity index (χ2v) is 11.3. The van der Waals surface area contributed by atoms with E-state index in [1.165, 1.54) is 51.5 Å². The van der Waals surface area contributed by atoms with Crippen LogP contribution in [0.4, 0.5) is 5.69 Å². The molecule has 210 valence electrons. The van der Waals surface area contributed by atoms with Crippen LogP contribution in [-0.4, -0.2) is 17.7 Å². The largest absolute Gasteiger partial charge is 0.457 e. The number of anilines is 1. The summed E-state index contributed by atoms with van der Waals surface area (Å²) in [5.74, 6) is 1.18. The van der Waals surface area contributed by atoms with E-state index in [4.69, 9.17) is 11.3 Å². The Morgan fingerprint density at radius 1 is 0.884 bits per heavy atom. The van der Waals surface area contributed by atoms with Crippen LogP contribution in [0.15, 0.2) is 102 Å². The molecule has 0 bridgehead atoms. The van der Waals surface area contributed by atoms with E-state index >= 15 is 0 Å². The monoisotopic (exact) mass is 560 g/mol. The predicted molar refractivity (Wildman–Crippen MR) is 175 cm³/mol. The third-order valence-corrected chi connectivity index (χ3v) is 8.67. The third-order valence-electron chi connectivity index (χ3n) is 8.67. The van der Waals surface area contributed by atoms with Crippen LogP contribution in [0, 0.1) is 17.9 Å². The maximum atomic E-state index is 9.61. The second-order valence-electron chi connectivity index (χ2n) is 11.3.